The monoisotopic (exact) mass is 317 g/mol. The second kappa shape index (κ2) is 5.44. The van der Waals surface area contributed by atoms with Crippen molar-refractivity contribution in [3.63, 3.8) is 0 Å². The smallest absolute Gasteiger partial charge is 0.308 e. The number of nitrogens with zero attached hydrogens (tertiary/aromatic N) is 1. The average Bonchev–Trinajstić information content (AvgIpc) is 3.10. The lowest BCUT2D eigenvalue weighted by molar-refractivity contribution is -0.142. The summed E-state index contributed by atoms with van der Waals surface area (Å²) in [5.41, 5.74) is 0.862. The van der Waals surface area contributed by atoms with Gasteiger partial charge in [0.25, 0.3) is 0 Å². The van der Waals surface area contributed by atoms with Crippen LogP contribution in [0.5, 0.6) is 11.5 Å². The molecule has 0 spiro atoms. The van der Waals surface area contributed by atoms with Crippen molar-refractivity contribution in [2.45, 2.75) is 19.3 Å². The first-order valence-corrected chi connectivity index (χ1v) is 8.01. The number of rotatable bonds is 4. The Hall–Kier alpha value is -2.24. The van der Waals surface area contributed by atoms with Gasteiger partial charge in [0.05, 0.1) is 12.3 Å². The highest BCUT2D eigenvalue weighted by Gasteiger charge is 2.46. The van der Waals surface area contributed by atoms with Crippen LogP contribution in [0.25, 0.3) is 0 Å². The summed E-state index contributed by atoms with van der Waals surface area (Å²) in [6, 6.07) is 5.49. The van der Waals surface area contributed by atoms with Gasteiger partial charge in [-0.25, -0.2) is 0 Å². The molecule has 0 unspecified atom stereocenters. The molecule has 0 aromatic heterocycles. The predicted molar refractivity (Wildman–Crippen MR) is 80.2 cm³/mol. The highest BCUT2D eigenvalue weighted by atomic mass is 16.7. The molecule has 1 N–H and O–H groups in total. The van der Waals surface area contributed by atoms with Gasteiger partial charge in [0.1, 0.15) is 0 Å². The van der Waals surface area contributed by atoms with E-state index in [4.69, 9.17) is 9.47 Å². The van der Waals surface area contributed by atoms with Gasteiger partial charge in [-0.05, 0) is 42.4 Å². The molecule has 1 aliphatic carbocycles. The van der Waals surface area contributed by atoms with E-state index in [1.54, 1.807) is 4.90 Å². The fourth-order valence-electron chi connectivity index (χ4n) is 3.63. The summed E-state index contributed by atoms with van der Waals surface area (Å²) < 4.78 is 10.6. The third kappa shape index (κ3) is 2.73. The van der Waals surface area contributed by atoms with E-state index in [2.05, 4.69) is 0 Å². The summed E-state index contributed by atoms with van der Waals surface area (Å²) in [6.07, 6.45) is 2.46. The van der Waals surface area contributed by atoms with E-state index < -0.39 is 11.9 Å². The zero-order valence-corrected chi connectivity index (χ0v) is 12.7. The van der Waals surface area contributed by atoms with Gasteiger partial charge < -0.3 is 19.5 Å². The first kappa shape index (κ1) is 14.4. The van der Waals surface area contributed by atoms with Crippen molar-refractivity contribution in [3.8, 4) is 11.5 Å². The number of hydrogen-bond acceptors (Lipinski definition) is 4. The minimum Gasteiger partial charge on any atom is -0.481 e. The summed E-state index contributed by atoms with van der Waals surface area (Å²) in [4.78, 5) is 25.7. The molecule has 122 valence electrons. The Labute approximate surface area is 134 Å². The summed E-state index contributed by atoms with van der Waals surface area (Å²) >= 11 is 0. The number of ether oxygens (including phenoxy) is 2. The average molecular weight is 317 g/mol. The Morgan fingerprint density at radius 2 is 1.96 bits per heavy atom. The number of benzene rings is 1. The normalized spacial score (nSPS) is 25.7. The molecule has 4 rings (SSSR count). The van der Waals surface area contributed by atoms with E-state index in [9.17, 15) is 14.7 Å². The lowest BCUT2D eigenvalue weighted by Gasteiger charge is -2.16. The van der Waals surface area contributed by atoms with Gasteiger partial charge in [0, 0.05) is 13.1 Å². The summed E-state index contributed by atoms with van der Waals surface area (Å²) in [7, 11) is 0. The van der Waals surface area contributed by atoms with E-state index in [0.717, 1.165) is 18.4 Å². The third-order valence-electron chi connectivity index (χ3n) is 5.05. The van der Waals surface area contributed by atoms with Crippen LogP contribution in [0.15, 0.2) is 18.2 Å². The fourth-order valence-corrected chi connectivity index (χ4v) is 3.63. The van der Waals surface area contributed by atoms with Crippen LogP contribution in [-0.4, -0.2) is 41.8 Å². The number of carbonyl (C=O) groups excluding carboxylic acids is 1. The molecule has 23 heavy (non-hydrogen) atoms. The highest BCUT2D eigenvalue weighted by Crippen LogP contribution is 2.44. The molecule has 0 radical (unpaired) electrons. The largest absolute Gasteiger partial charge is 0.481 e. The predicted octanol–water partition coefficient (Wildman–Crippen LogP) is 1.53. The van der Waals surface area contributed by atoms with Crippen LogP contribution in [0.4, 0.5) is 0 Å². The van der Waals surface area contributed by atoms with Gasteiger partial charge >= 0.3 is 5.97 Å². The summed E-state index contributed by atoms with van der Waals surface area (Å²) in [5.74, 6) is 0.757. The maximum atomic E-state index is 12.5. The number of carboxylic acid groups (broad SMARTS) is 1. The van der Waals surface area contributed by atoms with E-state index in [-0.39, 0.29) is 25.0 Å². The number of amides is 1. The molecule has 1 aromatic rings. The van der Waals surface area contributed by atoms with Gasteiger partial charge in [0.15, 0.2) is 11.5 Å². The number of likely N-dealkylation sites (tertiary alicyclic amines) is 1. The fraction of sp³-hybridized carbons (Fsp3) is 0.529. The van der Waals surface area contributed by atoms with Crippen molar-refractivity contribution < 1.29 is 24.2 Å². The lowest BCUT2D eigenvalue weighted by Crippen LogP contribution is -2.31. The number of carbonyl (C=O) groups is 2. The van der Waals surface area contributed by atoms with Crippen molar-refractivity contribution in [1.82, 2.24) is 4.90 Å². The molecule has 6 heteroatoms. The number of fused-ring (bicyclic) bond motifs is 1. The SMILES string of the molecule is O=C(O)[C@H]1CN(C(=O)Cc2ccc3c(c2)OCO3)C[C@@H]1C1CC1. The molecule has 2 atom stereocenters. The Kier molecular flexibility index (Phi) is 3.39. The Bertz CT molecular complexity index is 654. The molecule has 2 aliphatic heterocycles. The number of aliphatic carboxylic acids is 1. The van der Waals surface area contributed by atoms with Gasteiger partial charge in [-0.2, -0.15) is 0 Å². The summed E-state index contributed by atoms with van der Waals surface area (Å²) in [5, 5.41) is 9.39. The second-order valence-electron chi connectivity index (χ2n) is 6.61. The standard InChI is InChI=1S/C17H19NO5/c19-16(6-10-1-4-14-15(5-10)23-9-22-14)18-7-12(11-2-3-11)13(8-18)17(20)21/h1,4-5,11-13H,2-3,6-9H2,(H,20,21)/t12-,13+/m1/s1. The highest BCUT2D eigenvalue weighted by molar-refractivity contribution is 5.81. The van der Waals surface area contributed by atoms with Crippen molar-refractivity contribution in [2.24, 2.45) is 17.8 Å². The van der Waals surface area contributed by atoms with Gasteiger partial charge in [-0.15, -0.1) is 0 Å². The van der Waals surface area contributed by atoms with Crippen molar-refractivity contribution in [3.05, 3.63) is 23.8 Å². The molecule has 2 fully saturated rings. The lowest BCUT2D eigenvalue weighted by atomic mass is 9.92. The molecular formula is C17H19NO5. The second-order valence-corrected chi connectivity index (χ2v) is 6.61. The zero-order chi connectivity index (χ0) is 16.0. The Morgan fingerprint density at radius 1 is 1.17 bits per heavy atom. The van der Waals surface area contributed by atoms with Crippen LogP contribution in [0.1, 0.15) is 18.4 Å². The molecular weight excluding hydrogens is 298 g/mol. The van der Waals surface area contributed by atoms with Crippen LogP contribution < -0.4 is 9.47 Å². The van der Waals surface area contributed by atoms with Gasteiger partial charge in [-0.1, -0.05) is 6.07 Å². The van der Waals surface area contributed by atoms with Crippen LogP contribution in [0, 0.1) is 17.8 Å². The molecule has 1 saturated heterocycles. The van der Waals surface area contributed by atoms with Gasteiger partial charge in [-0.3, -0.25) is 9.59 Å². The quantitative estimate of drug-likeness (QED) is 0.911. The molecule has 3 aliphatic rings. The van der Waals surface area contributed by atoms with Crippen LogP contribution in [0.3, 0.4) is 0 Å². The topological polar surface area (TPSA) is 76.1 Å². The zero-order valence-electron chi connectivity index (χ0n) is 12.7. The third-order valence-corrected chi connectivity index (χ3v) is 5.05. The molecule has 1 amide bonds. The first-order valence-electron chi connectivity index (χ1n) is 8.01. The van der Waals surface area contributed by atoms with E-state index in [1.807, 2.05) is 18.2 Å². The molecule has 6 nitrogen and oxygen atoms in total. The minimum absolute atomic E-state index is 0.0155. The van der Waals surface area contributed by atoms with E-state index in [1.165, 1.54) is 0 Å². The molecule has 0 bridgehead atoms. The molecule has 1 aromatic carbocycles. The Balaban J connectivity index is 1.44. The molecule has 2 heterocycles. The number of hydrogen-bond donors (Lipinski definition) is 1. The Morgan fingerprint density at radius 3 is 2.70 bits per heavy atom. The van der Waals surface area contributed by atoms with Crippen molar-refractivity contribution in [1.29, 1.82) is 0 Å². The number of carboxylic acids is 1. The van der Waals surface area contributed by atoms with E-state index >= 15 is 0 Å². The summed E-state index contributed by atoms with van der Waals surface area (Å²) in [6.45, 7) is 1.12. The van der Waals surface area contributed by atoms with Crippen molar-refractivity contribution >= 4 is 11.9 Å². The maximum Gasteiger partial charge on any atom is 0.308 e. The van der Waals surface area contributed by atoms with Crippen LogP contribution >= 0.6 is 0 Å². The van der Waals surface area contributed by atoms with E-state index in [0.29, 0.717) is 30.5 Å². The first-order chi connectivity index (χ1) is 11.1. The molecule has 1 saturated carbocycles. The van der Waals surface area contributed by atoms with Crippen LogP contribution in [0.2, 0.25) is 0 Å². The van der Waals surface area contributed by atoms with Crippen molar-refractivity contribution in [2.75, 3.05) is 19.9 Å². The maximum absolute atomic E-state index is 12.5. The van der Waals surface area contributed by atoms with Crippen LogP contribution in [-0.2, 0) is 16.0 Å². The van der Waals surface area contributed by atoms with Gasteiger partial charge in [0.2, 0.25) is 12.7 Å². The minimum atomic E-state index is -0.778.